The number of amides is 2. The second-order valence-electron chi connectivity index (χ2n) is 11.3. The molecule has 3 heterocycles. The maximum atomic E-state index is 13.3. The first kappa shape index (κ1) is 28.3. The van der Waals surface area contributed by atoms with E-state index in [1.54, 1.807) is 42.5 Å². The van der Waals surface area contributed by atoms with Gasteiger partial charge in [-0.05, 0) is 75.8 Å². The summed E-state index contributed by atoms with van der Waals surface area (Å²) in [6.07, 6.45) is 4.85. The Morgan fingerprint density at radius 3 is 2.64 bits per heavy atom. The highest BCUT2D eigenvalue weighted by Crippen LogP contribution is 2.38. The molecule has 4 aliphatic rings. The van der Waals surface area contributed by atoms with Gasteiger partial charge >= 0.3 is 0 Å². The zero-order chi connectivity index (χ0) is 29.5. The smallest absolute Gasteiger partial charge is 0.261 e. The molecule has 42 heavy (non-hydrogen) atoms. The van der Waals surface area contributed by atoms with Crippen molar-refractivity contribution in [2.75, 3.05) is 38.6 Å². The van der Waals surface area contributed by atoms with Crippen LogP contribution in [0.2, 0.25) is 5.02 Å². The fourth-order valence-corrected chi connectivity index (χ4v) is 6.16. The van der Waals surface area contributed by atoms with Crippen molar-refractivity contribution in [3.8, 4) is 5.75 Å². The van der Waals surface area contributed by atoms with Crippen LogP contribution in [0, 0.1) is 6.92 Å². The van der Waals surface area contributed by atoms with Gasteiger partial charge in [-0.1, -0.05) is 23.7 Å². The van der Waals surface area contributed by atoms with Gasteiger partial charge in [0.15, 0.2) is 5.78 Å². The number of carbonyl (C=O) groups is 3. The Morgan fingerprint density at radius 1 is 1.14 bits per heavy atom. The molecule has 0 radical (unpaired) electrons. The minimum absolute atomic E-state index is 0.0212. The lowest BCUT2D eigenvalue weighted by atomic mass is 9.94. The van der Waals surface area contributed by atoms with Gasteiger partial charge in [0, 0.05) is 40.9 Å². The normalized spacial score (nSPS) is 22.5. The Labute approximate surface area is 249 Å². The first-order valence-corrected chi connectivity index (χ1v) is 14.6. The highest BCUT2D eigenvalue weighted by molar-refractivity contribution is 6.31. The third kappa shape index (κ3) is 5.28. The van der Waals surface area contributed by atoms with Crippen molar-refractivity contribution in [2.24, 2.45) is 4.99 Å². The molecule has 0 spiro atoms. The number of fused-ring (bicyclic) bond motifs is 2. The van der Waals surface area contributed by atoms with Crippen LogP contribution in [-0.2, 0) is 11.2 Å². The molecule has 0 bridgehead atoms. The molecule has 1 aliphatic carbocycles. The summed E-state index contributed by atoms with van der Waals surface area (Å²) in [6, 6.07) is 8.79. The van der Waals surface area contributed by atoms with Crippen molar-refractivity contribution in [3.63, 3.8) is 0 Å². The topological polar surface area (TPSA) is 112 Å². The number of Topliss-reactive ketones (excluding diaryl/α,β-unsaturated/α-hetero) is 1. The van der Waals surface area contributed by atoms with Gasteiger partial charge in [0.2, 0.25) is 0 Å². The number of ketones is 1. The van der Waals surface area contributed by atoms with Gasteiger partial charge in [0.1, 0.15) is 18.5 Å². The van der Waals surface area contributed by atoms with Crippen LogP contribution in [-0.4, -0.2) is 83.7 Å². The van der Waals surface area contributed by atoms with E-state index < -0.39 is 6.10 Å². The standard InChI is InChI=1S/C32H33ClN4O5/c1-18-24(33)5-3-8-29(18)42-17-21(38)16-34-25-6-4-7-28(39)30(25)27-14-19-13-22-23(15-26(19)35-27)32(41)37(31(22)40)20-9-11-36(2)12-10-20/h3-6,8,13,15,20-21,35,38H,7,9-12,14,16-17H2,1-2H3/t21-/m1/s1. The first-order chi connectivity index (χ1) is 20.2. The summed E-state index contributed by atoms with van der Waals surface area (Å²) in [6.45, 7) is 3.61. The molecule has 10 heteroatoms. The molecular weight excluding hydrogens is 556 g/mol. The summed E-state index contributed by atoms with van der Waals surface area (Å²) in [4.78, 5) is 47.9. The molecule has 3 aliphatic heterocycles. The molecule has 2 aromatic rings. The van der Waals surface area contributed by atoms with Crippen LogP contribution in [0.1, 0.15) is 51.1 Å². The van der Waals surface area contributed by atoms with Crippen molar-refractivity contribution in [1.82, 2.24) is 9.80 Å². The molecule has 0 unspecified atom stereocenters. The number of hydrogen-bond acceptors (Lipinski definition) is 8. The molecular formula is C32H33ClN4O5. The van der Waals surface area contributed by atoms with E-state index in [1.807, 2.05) is 14.0 Å². The summed E-state index contributed by atoms with van der Waals surface area (Å²) >= 11 is 6.15. The van der Waals surface area contributed by atoms with E-state index >= 15 is 0 Å². The summed E-state index contributed by atoms with van der Waals surface area (Å²) in [5.41, 5.74) is 4.80. The van der Waals surface area contributed by atoms with Gasteiger partial charge in [-0.15, -0.1) is 0 Å². The number of imide groups is 1. The molecule has 0 saturated carbocycles. The molecule has 2 amide bonds. The van der Waals surface area contributed by atoms with Crippen LogP contribution >= 0.6 is 11.6 Å². The summed E-state index contributed by atoms with van der Waals surface area (Å²) in [5.74, 6) is 0.0193. The highest BCUT2D eigenvalue weighted by atomic mass is 35.5. The number of carbonyl (C=O) groups excluding carboxylic acids is 3. The number of halogens is 1. The molecule has 218 valence electrons. The Hall–Kier alpha value is -3.79. The SMILES string of the molecule is Cc1c(Cl)cccc1OC[C@H](O)CN=C1C=CCC(=O)C1=C1Cc2cc3c(cc2N1)C(=O)N(C1CCN(C)CC1)C3=O. The number of aliphatic hydroxyl groups is 1. The number of ether oxygens (including phenoxy) is 1. The summed E-state index contributed by atoms with van der Waals surface area (Å²) in [7, 11) is 2.05. The monoisotopic (exact) mass is 588 g/mol. The lowest BCUT2D eigenvalue weighted by molar-refractivity contribution is -0.114. The van der Waals surface area contributed by atoms with Crippen molar-refractivity contribution < 1.29 is 24.2 Å². The van der Waals surface area contributed by atoms with Crippen LogP contribution in [0.3, 0.4) is 0 Å². The van der Waals surface area contributed by atoms with Crippen molar-refractivity contribution in [2.45, 2.75) is 44.8 Å². The molecule has 1 saturated heterocycles. The molecule has 0 aromatic heterocycles. The Bertz CT molecular complexity index is 1520. The summed E-state index contributed by atoms with van der Waals surface area (Å²) < 4.78 is 5.74. The van der Waals surface area contributed by atoms with Gasteiger partial charge in [-0.3, -0.25) is 24.3 Å². The average molecular weight is 589 g/mol. The summed E-state index contributed by atoms with van der Waals surface area (Å²) in [5, 5.41) is 14.5. The fraction of sp³-hybridized carbons (Fsp3) is 0.375. The molecule has 9 nitrogen and oxygen atoms in total. The third-order valence-electron chi connectivity index (χ3n) is 8.39. The first-order valence-electron chi connectivity index (χ1n) is 14.2. The molecule has 1 atom stereocenters. The number of likely N-dealkylation sites (tertiary alicyclic amines) is 1. The predicted molar refractivity (Wildman–Crippen MR) is 161 cm³/mol. The minimum Gasteiger partial charge on any atom is -0.490 e. The Morgan fingerprint density at radius 2 is 1.88 bits per heavy atom. The number of anilines is 1. The second-order valence-corrected chi connectivity index (χ2v) is 11.7. The number of hydrogen-bond donors (Lipinski definition) is 2. The van der Waals surface area contributed by atoms with Gasteiger partial charge < -0.3 is 20.1 Å². The lowest BCUT2D eigenvalue weighted by Gasteiger charge is -2.33. The molecule has 2 N–H and O–H groups in total. The van der Waals surface area contributed by atoms with Crippen LogP contribution in [0.25, 0.3) is 0 Å². The van der Waals surface area contributed by atoms with Crippen molar-refractivity contribution in [1.29, 1.82) is 0 Å². The van der Waals surface area contributed by atoms with E-state index in [0.29, 0.717) is 45.3 Å². The quantitative estimate of drug-likeness (QED) is 0.388. The van der Waals surface area contributed by atoms with Gasteiger partial charge in [-0.2, -0.15) is 0 Å². The lowest BCUT2D eigenvalue weighted by Crippen LogP contribution is -2.46. The van der Waals surface area contributed by atoms with Gasteiger partial charge in [-0.25, -0.2) is 0 Å². The van der Waals surface area contributed by atoms with Gasteiger partial charge in [0.25, 0.3) is 11.8 Å². The number of allylic oxidation sites excluding steroid dienone is 4. The Balaban J connectivity index is 1.19. The van der Waals surface area contributed by atoms with Crippen LogP contribution < -0.4 is 10.1 Å². The third-order valence-corrected chi connectivity index (χ3v) is 8.79. The number of piperidine rings is 1. The van der Waals surface area contributed by atoms with E-state index in [4.69, 9.17) is 16.3 Å². The van der Waals surface area contributed by atoms with Crippen molar-refractivity contribution in [3.05, 3.63) is 81.0 Å². The largest absolute Gasteiger partial charge is 0.490 e. The molecule has 1 fully saturated rings. The Kier molecular flexibility index (Phi) is 7.74. The predicted octanol–water partition coefficient (Wildman–Crippen LogP) is 3.97. The number of nitrogens with one attached hydrogen (secondary N) is 1. The zero-order valence-corrected chi connectivity index (χ0v) is 24.4. The minimum atomic E-state index is -0.895. The van der Waals surface area contributed by atoms with E-state index in [2.05, 4.69) is 15.2 Å². The zero-order valence-electron chi connectivity index (χ0n) is 23.7. The fourth-order valence-electron chi connectivity index (χ4n) is 5.99. The van der Waals surface area contributed by atoms with Crippen LogP contribution in [0.15, 0.2) is 58.7 Å². The maximum Gasteiger partial charge on any atom is 0.261 e. The second kappa shape index (κ2) is 11.5. The molecule has 2 aromatic carbocycles. The maximum absolute atomic E-state index is 13.3. The van der Waals surface area contributed by atoms with E-state index in [0.717, 1.165) is 42.7 Å². The van der Waals surface area contributed by atoms with E-state index in [-0.39, 0.29) is 43.2 Å². The van der Waals surface area contributed by atoms with Crippen molar-refractivity contribution >= 4 is 40.6 Å². The highest BCUT2D eigenvalue weighted by Gasteiger charge is 2.42. The van der Waals surface area contributed by atoms with E-state index in [9.17, 15) is 19.5 Å². The number of aliphatic hydroxyl groups excluding tert-OH is 1. The van der Waals surface area contributed by atoms with Crippen LogP contribution in [0.4, 0.5) is 5.69 Å². The van der Waals surface area contributed by atoms with Gasteiger partial charge in [0.05, 0.1) is 29.0 Å². The van der Waals surface area contributed by atoms with Crippen LogP contribution in [0.5, 0.6) is 5.75 Å². The average Bonchev–Trinajstić information content (AvgIpc) is 3.49. The number of rotatable bonds is 6. The number of nitrogens with zero attached hydrogens (tertiary/aromatic N) is 3. The van der Waals surface area contributed by atoms with E-state index in [1.165, 1.54) is 4.90 Å². The number of aliphatic imine (C=N–C) groups is 1. The molecule has 6 rings (SSSR count). The number of benzene rings is 2.